The largest absolute Gasteiger partial charge is 0.494 e. The lowest BCUT2D eigenvalue weighted by molar-refractivity contribution is -0.156. The van der Waals surface area contributed by atoms with Gasteiger partial charge in [-0.1, -0.05) is 12.1 Å². The van der Waals surface area contributed by atoms with Crippen molar-refractivity contribution in [2.75, 3.05) is 39.3 Å². The van der Waals surface area contributed by atoms with E-state index >= 15 is 0 Å². The van der Waals surface area contributed by atoms with Gasteiger partial charge in [0.15, 0.2) is 6.10 Å². The fourth-order valence-corrected chi connectivity index (χ4v) is 3.30. The summed E-state index contributed by atoms with van der Waals surface area (Å²) in [7, 11) is -3.42. The van der Waals surface area contributed by atoms with Crippen LogP contribution in [-0.2, 0) is 44.5 Å². The average molecular weight is 489 g/mol. The van der Waals surface area contributed by atoms with Gasteiger partial charge in [-0.15, -0.1) is 0 Å². The minimum Gasteiger partial charge on any atom is -0.494 e. The predicted octanol–water partition coefficient (Wildman–Crippen LogP) is 3.05. The molecule has 0 heterocycles. The van der Waals surface area contributed by atoms with Crippen LogP contribution in [0.15, 0.2) is 24.3 Å². The number of carbonyl (C=O) groups is 2. The van der Waals surface area contributed by atoms with E-state index in [2.05, 4.69) is 0 Å². The van der Waals surface area contributed by atoms with Crippen molar-refractivity contribution >= 4 is 22.1 Å². The molecule has 1 atom stereocenters. The number of hydrogen-bond acceptors (Lipinski definition) is 9. The first-order chi connectivity index (χ1) is 15.7. The minimum absolute atomic E-state index is 0.132. The van der Waals surface area contributed by atoms with Crippen LogP contribution in [0.25, 0.3) is 0 Å². The van der Waals surface area contributed by atoms with Crippen LogP contribution in [0.2, 0.25) is 0 Å². The number of hydrogen-bond donors (Lipinski definition) is 0. The van der Waals surface area contributed by atoms with Gasteiger partial charge in [0.1, 0.15) is 5.75 Å². The van der Waals surface area contributed by atoms with Gasteiger partial charge in [-0.25, -0.2) is 4.79 Å². The zero-order valence-electron chi connectivity index (χ0n) is 19.7. The van der Waals surface area contributed by atoms with E-state index in [1.807, 2.05) is 24.3 Å². The van der Waals surface area contributed by atoms with Crippen LogP contribution in [0.3, 0.4) is 0 Å². The van der Waals surface area contributed by atoms with Crippen LogP contribution < -0.4 is 4.74 Å². The third-order valence-electron chi connectivity index (χ3n) is 4.37. The molecule has 0 N–H and O–H groups in total. The van der Waals surface area contributed by atoms with E-state index in [9.17, 15) is 18.0 Å². The second-order valence-corrected chi connectivity index (χ2v) is 8.95. The molecule has 0 radical (unpaired) electrons. The molecular formula is C23H36O9S. The summed E-state index contributed by atoms with van der Waals surface area (Å²) < 4.78 is 48.1. The quantitative estimate of drug-likeness (QED) is 0.175. The standard InChI is InChI=1S/C23H36O9S/c1-4-28-22(24)13-10-15-30-20-12-9-11-19(17-20)18-21(23(25)29-5-2)31-14-7-6-8-16-32-33(3,26)27/h9,11-12,17,21H,4-8,10,13-16,18H2,1-3H3. The SMILES string of the molecule is CCOC(=O)CCCOc1cccc(CC(OCCCCCOS(C)(=O)=O)C(=O)OCC)c1. The Kier molecular flexibility index (Phi) is 14.4. The van der Waals surface area contributed by atoms with Crippen molar-refractivity contribution in [2.24, 2.45) is 0 Å². The van der Waals surface area contributed by atoms with E-state index in [1.165, 1.54) is 0 Å². The molecule has 0 aliphatic heterocycles. The molecule has 9 nitrogen and oxygen atoms in total. The molecule has 0 saturated carbocycles. The van der Waals surface area contributed by atoms with Crippen molar-refractivity contribution in [1.29, 1.82) is 0 Å². The zero-order valence-corrected chi connectivity index (χ0v) is 20.6. The summed E-state index contributed by atoms with van der Waals surface area (Å²) in [6, 6.07) is 7.36. The lowest BCUT2D eigenvalue weighted by atomic mass is 10.1. The summed E-state index contributed by atoms with van der Waals surface area (Å²) in [6.07, 6.45) is 3.39. The highest BCUT2D eigenvalue weighted by Crippen LogP contribution is 2.17. The second kappa shape index (κ2) is 16.4. The van der Waals surface area contributed by atoms with Crippen LogP contribution in [0.1, 0.15) is 51.5 Å². The molecule has 0 aliphatic carbocycles. The molecule has 0 saturated heterocycles. The Morgan fingerprint density at radius 2 is 1.67 bits per heavy atom. The first kappa shape index (κ1) is 28.9. The number of benzene rings is 1. The van der Waals surface area contributed by atoms with E-state index in [1.54, 1.807) is 13.8 Å². The monoisotopic (exact) mass is 488 g/mol. The van der Waals surface area contributed by atoms with Gasteiger partial charge < -0.3 is 18.9 Å². The van der Waals surface area contributed by atoms with Gasteiger partial charge in [0.05, 0.1) is 32.7 Å². The van der Waals surface area contributed by atoms with Crippen molar-refractivity contribution in [3.8, 4) is 5.75 Å². The molecule has 33 heavy (non-hydrogen) atoms. The van der Waals surface area contributed by atoms with E-state index < -0.39 is 22.2 Å². The highest BCUT2D eigenvalue weighted by molar-refractivity contribution is 7.85. The van der Waals surface area contributed by atoms with E-state index in [0.717, 1.165) is 11.8 Å². The van der Waals surface area contributed by atoms with Gasteiger partial charge in [0.2, 0.25) is 0 Å². The van der Waals surface area contributed by atoms with E-state index in [-0.39, 0.29) is 19.2 Å². The number of esters is 2. The highest BCUT2D eigenvalue weighted by Gasteiger charge is 2.21. The second-order valence-electron chi connectivity index (χ2n) is 7.31. The Labute approximate surface area is 196 Å². The molecule has 1 unspecified atom stereocenters. The Morgan fingerprint density at radius 1 is 0.939 bits per heavy atom. The maximum atomic E-state index is 12.3. The van der Waals surface area contributed by atoms with Crippen molar-refractivity contribution in [2.45, 2.75) is 58.5 Å². The molecule has 1 aromatic carbocycles. The predicted molar refractivity (Wildman–Crippen MR) is 123 cm³/mol. The van der Waals surface area contributed by atoms with Gasteiger partial charge in [-0.2, -0.15) is 8.42 Å². The van der Waals surface area contributed by atoms with Gasteiger partial charge in [-0.3, -0.25) is 8.98 Å². The Morgan fingerprint density at radius 3 is 2.36 bits per heavy atom. The van der Waals surface area contributed by atoms with Crippen molar-refractivity contribution < 1.29 is 41.1 Å². The topological polar surface area (TPSA) is 114 Å². The molecule has 0 fully saturated rings. The van der Waals surface area contributed by atoms with Crippen molar-refractivity contribution in [3.63, 3.8) is 0 Å². The number of unbranched alkanes of at least 4 members (excludes halogenated alkanes) is 2. The zero-order chi connectivity index (χ0) is 24.5. The van der Waals surface area contributed by atoms with E-state index in [4.69, 9.17) is 23.1 Å². The Balaban J connectivity index is 2.49. The summed E-state index contributed by atoms with van der Waals surface area (Å²) in [4.78, 5) is 23.7. The van der Waals surface area contributed by atoms with E-state index in [0.29, 0.717) is 64.1 Å². The van der Waals surface area contributed by atoms with Gasteiger partial charge in [0, 0.05) is 19.4 Å². The van der Waals surface area contributed by atoms with Crippen LogP contribution in [0, 0.1) is 0 Å². The molecule has 0 aromatic heterocycles. The fraction of sp³-hybridized carbons (Fsp3) is 0.652. The summed E-state index contributed by atoms with van der Waals surface area (Å²) in [5.74, 6) is -0.0317. The minimum atomic E-state index is -3.42. The molecule has 10 heteroatoms. The summed E-state index contributed by atoms with van der Waals surface area (Å²) in [5, 5.41) is 0. The van der Waals surface area contributed by atoms with Crippen LogP contribution in [-0.4, -0.2) is 65.8 Å². The molecular weight excluding hydrogens is 452 g/mol. The maximum absolute atomic E-state index is 12.3. The fourth-order valence-electron chi connectivity index (χ4n) is 2.88. The molecule has 1 aromatic rings. The smallest absolute Gasteiger partial charge is 0.335 e. The number of carbonyl (C=O) groups excluding carboxylic acids is 2. The van der Waals surface area contributed by atoms with Crippen molar-refractivity contribution in [3.05, 3.63) is 29.8 Å². The first-order valence-electron chi connectivity index (χ1n) is 11.2. The molecule has 0 amide bonds. The molecule has 188 valence electrons. The molecule has 0 aliphatic rings. The number of rotatable bonds is 18. The summed E-state index contributed by atoms with van der Waals surface area (Å²) >= 11 is 0. The third-order valence-corrected chi connectivity index (χ3v) is 4.97. The van der Waals surface area contributed by atoms with Crippen molar-refractivity contribution in [1.82, 2.24) is 0 Å². The Hall–Kier alpha value is -2.17. The van der Waals surface area contributed by atoms with Crippen LogP contribution >= 0.6 is 0 Å². The van der Waals surface area contributed by atoms with Crippen LogP contribution in [0.5, 0.6) is 5.75 Å². The third kappa shape index (κ3) is 14.6. The van der Waals surface area contributed by atoms with Gasteiger partial charge >= 0.3 is 11.9 Å². The summed E-state index contributed by atoms with van der Waals surface area (Å²) in [6.45, 7) is 4.97. The van der Waals surface area contributed by atoms with Gasteiger partial charge in [0.25, 0.3) is 10.1 Å². The molecule has 1 rings (SSSR count). The maximum Gasteiger partial charge on any atom is 0.335 e. The lowest BCUT2D eigenvalue weighted by Crippen LogP contribution is -2.29. The highest BCUT2D eigenvalue weighted by atomic mass is 32.2. The van der Waals surface area contributed by atoms with Gasteiger partial charge in [-0.05, 0) is 57.2 Å². The average Bonchev–Trinajstić information content (AvgIpc) is 2.75. The number of ether oxygens (including phenoxy) is 4. The first-order valence-corrected chi connectivity index (χ1v) is 13.1. The van der Waals surface area contributed by atoms with Crippen LogP contribution in [0.4, 0.5) is 0 Å². The molecule has 0 bridgehead atoms. The normalized spacial score (nSPS) is 12.2. The summed E-state index contributed by atoms with van der Waals surface area (Å²) in [5.41, 5.74) is 0.859. The Bertz CT molecular complexity index is 808. The lowest BCUT2D eigenvalue weighted by Gasteiger charge is -2.17. The molecule has 0 spiro atoms.